The van der Waals surface area contributed by atoms with E-state index < -0.39 is 0 Å². The Morgan fingerprint density at radius 1 is 1.24 bits per heavy atom. The molecule has 0 spiro atoms. The summed E-state index contributed by atoms with van der Waals surface area (Å²) < 4.78 is 8.15. The topological polar surface area (TPSA) is 56.5 Å². The molecule has 0 saturated heterocycles. The summed E-state index contributed by atoms with van der Waals surface area (Å²) in [6.07, 6.45) is 5.44. The van der Waals surface area contributed by atoms with Crippen molar-refractivity contribution in [1.29, 1.82) is 0 Å². The number of benzene rings is 2. The molecule has 0 saturated carbocycles. The number of hydrogen-bond donors (Lipinski definition) is 0. The highest BCUT2D eigenvalue weighted by atomic mass is 79.9. The first-order valence-electron chi connectivity index (χ1n) is 10.0. The van der Waals surface area contributed by atoms with Crippen LogP contribution in [0.2, 0.25) is 0 Å². The number of nitrogens with zero attached hydrogens (tertiary/aromatic N) is 3. The molecule has 0 bridgehead atoms. The zero-order valence-corrected chi connectivity index (χ0v) is 18.6. The molecule has 2 aromatic carbocycles. The molecule has 0 unspecified atom stereocenters. The molecule has 3 aromatic rings. The number of rotatable bonds is 8. The zero-order chi connectivity index (χ0) is 20.8. The molecule has 6 heteroatoms. The fraction of sp³-hybridized carbons (Fsp3) is 0.348. The van der Waals surface area contributed by atoms with Crippen molar-refractivity contribution in [3.05, 3.63) is 68.7 Å². The Hall–Kier alpha value is -2.47. The lowest BCUT2D eigenvalue weighted by Gasteiger charge is -2.12. The van der Waals surface area contributed by atoms with E-state index in [9.17, 15) is 4.79 Å². The van der Waals surface area contributed by atoms with Gasteiger partial charge in [-0.2, -0.15) is 9.78 Å². The molecule has 152 valence electrons. The van der Waals surface area contributed by atoms with E-state index >= 15 is 0 Å². The molecule has 0 aliphatic heterocycles. The molecular formula is C23H26BrN3O2. The molecule has 0 N–H and O–H groups in total. The van der Waals surface area contributed by atoms with Crippen LogP contribution in [0.4, 0.5) is 0 Å². The zero-order valence-electron chi connectivity index (χ0n) is 17.1. The average Bonchev–Trinajstić information content (AvgIpc) is 2.72. The molecule has 0 aliphatic carbocycles. The third-order valence-electron chi connectivity index (χ3n) is 4.72. The molecule has 29 heavy (non-hydrogen) atoms. The molecular weight excluding hydrogens is 430 g/mol. The Labute approximate surface area is 179 Å². The molecule has 3 rings (SSSR count). The van der Waals surface area contributed by atoms with Crippen LogP contribution in [0.25, 0.3) is 10.9 Å². The lowest BCUT2D eigenvalue weighted by molar-refractivity contribution is 0.217. The highest BCUT2D eigenvalue weighted by Gasteiger charge is 2.11. The second-order valence-electron chi connectivity index (χ2n) is 7.06. The van der Waals surface area contributed by atoms with E-state index in [1.165, 1.54) is 4.68 Å². The van der Waals surface area contributed by atoms with Gasteiger partial charge in [0.25, 0.3) is 5.56 Å². The molecule has 5 nitrogen and oxygen atoms in total. The van der Waals surface area contributed by atoms with Gasteiger partial charge in [0.05, 0.1) is 23.2 Å². The molecule has 0 amide bonds. The Bertz CT molecular complexity index is 1080. The minimum absolute atomic E-state index is 0.147. The first-order valence-corrected chi connectivity index (χ1v) is 10.8. The van der Waals surface area contributed by atoms with Crippen LogP contribution in [0.5, 0.6) is 5.75 Å². The summed E-state index contributed by atoms with van der Waals surface area (Å²) in [4.78, 5) is 17.8. The third kappa shape index (κ3) is 5.32. The predicted molar refractivity (Wildman–Crippen MR) is 122 cm³/mol. The van der Waals surface area contributed by atoms with Gasteiger partial charge in [-0.1, -0.05) is 48.3 Å². The first kappa shape index (κ1) is 21.2. The van der Waals surface area contributed by atoms with Crippen LogP contribution >= 0.6 is 15.9 Å². The summed E-state index contributed by atoms with van der Waals surface area (Å²) in [6.45, 7) is 6.25. The standard InChI is InChI=1S/C23H26BrN3O2/c1-4-6-10-22-26-21-12-11-18(24)14-20(21)23(28)27(22)25-15-17-8-7-9-19(13-17)29-16(3)5-2/h7-9,11-16H,4-6,10H2,1-3H3/t16-/m1/s1. The van der Waals surface area contributed by atoms with Crippen LogP contribution in [-0.4, -0.2) is 22.0 Å². The van der Waals surface area contributed by atoms with Crippen molar-refractivity contribution in [3.63, 3.8) is 0 Å². The van der Waals surface area contributed by atoms with Gasteiger partial charge in [-0.3, -0.25) is 4.79 Å². The molecule has 0 aliphatic rings. The molecule has 1 heterocycles. The van der Waals surface area contributed by atoms with Crippen LogP contribution in [0.1, 0.15) is 51.4 Å². The lowest BCUT2D eigenvalue weighted by atomic mass is 10.2. The van der Waals surface area contributed by atoms with Crippen LogP contribution in [0, 0.1) is 0 Å². The number of fused-ring (bicyclic) bond motifs is 1. The van der Waals surface area contributed by atoms with Gasteiger partial charge in [0.1, 0.15) is 11.6 Å². The summed E-state index contributed by atoms with van der Waals surface area (Å²) >= 11 is 3.43. The smallest absolute Gasteiger partial charge is 0.282 e. The second-order valence-corrected chi connectivity index (χ2v) is 7.98. The van der Waals surface area contributed by atoms with Gasteiger partial charge < -0.3 is 4.74 Å². The molecule has 1 aromatic heterocycles. The van der Waals surface area contributed by atoms with Crippen LogP contribution in [0.15, 0.2) is 56.8 Å². The van der Waals surface area contributed by atoms with Crippen LogP contribution < -0.4 is 10.3 Å². The normalized spacial score (nSPS) is 12.6. The SMILES string of the molecule is CCCCc1nc2ccc(Br)cc2c(=O)n1N=Cc1cccc(O[C@H](C)CC)c1. The lowest BCUT2D eigenvalue weighted by Crippen LogP contribution is -2.22. The van der Waals surface area contributed by atoms with Crippen LogP contribution in [0.3, 0.4) is 0 Å². The molecule has 0 radical (unpaired) electrons. The van der Waals surface area contributed by atoms with Gasteiger partial charge in [-0.25, -0.2) is 4.98 Å². The van der Waals surface area contributed by atoms with Gasteiger partial charge >= 0.3 is 0 Å². The summed E-state index contributed by atoms with van der Waals surface area (Å²) in [5.74, 6) is 1.47. The number of halogens is 1. The average molecular weight is 456 g/mol. The summed E-state index contributed by atoms with van der Waals surface area (Å²) in [5.41, 5.74) is 1.40. The Morgan fingerprint density at radius 2 is 2.07 bits per heavy atom. The van der Waals surface area contributed by atoms with Gasteiger partial charge in [-0.15, -0.1) is 0 Å². The number of aromatic nitrogens is 2. The van der Waals surface area contributed by atoms with Crippen LogP contribution in [-0.2, 0) is 6.42 Å². The van der Waals surface area contributed by atoms with Gasteiger partial charge in [0.15, 0.2) is 0 Å². The van der Waals surface area contributed by atoms with Crippen molar-refractivity contribution in [1.82, 2.24) is 9.66 Å². The minimum Gasteiger partial charge on any atom is -0.491 e. The minimum atomic E-state index is -0.161. The van der Waals surface area contributed by atoms with E-state index in [2.05, 4.69) is 34.9 Å². The Balaban J connectivity index is 2.00. The maximum Gasteiger partial charge on any atom is 0.282 e. The third-order valence-corrected chi connectivity index (χ3v) is 5.22. The van der Waals surface area contributed by atoms with E-state index in [-0.39, 0.29) is 11.7 Å². The van der Waals surface area contributed by atoms with Crippen molar-refractivity contribution >= 4 is 33.0 Å². The number of hydrogen-bond acceptors (Lipinski definition) is 4. The van der Waals surface area contributed by atoms with Crippen molar-refractivity contribution < 1.29 is 4.74 Å². The van der Waals surface area contributed by atoms with E-state index in [4.69, 9.17) is 9.72 Å². The monoisotopic (exact) mass is 455 g/mol. The fourth-order valence-corrected chi connectivity index (χ4v) is 3.28. The van der Waals surface area contributed by atoms with Crippen molar-refractivity contribution in [2.45, 2.75) is 52.6 Å². The maximum atomic E-state index is 13.1. The molecule has 0 fully saturated rings. The van der Waals surface area contributed by atoms with Crippen molar-refractivity contribution in [2.24, 2.45) is 5.10 Å². The maximum absolute atomic E-state index is 13.1. The first-order chi connectivity index (χ1) is 14.0. The van der Waals surface area contributed by atoms with Crippen molar-refractivity contribution in [3.8, 4) is 5.75 Å². The Morgan fingerprint density at radius 3 is 2.83 bits per heavy atom. The van der Waals surface area contributed by atoms with E-state index in [0.29, 0.717) is 23.1 Å². The molecule has 1 atom stereocenters. The fourth-order valence-electron chi connectivity index (χ4n) is 2.92. The van der Waals surface area contributed by atoms with E-state index in [1.807, 2.05) is 43.3 Å². The highest BCUT2D eigenvalue weighted by molar-refractivity contribution is 9.10. The summed E-state index contributed by atoms with van der Waals surface area (Å²) in [5, 5.41) is 5.04. The van der Waals surface area contributed by atoms with E-state index in [0.717, 1.165) is 35.0 Å². The van der Waals surface area contributed by atoms with Gasteiger partial charge in [0, 0.05) is 10.9 Å². The number of ether oxygens (including phenoxy) is 1. The summed E-state index contributed by atoms with van der Waals surface area (Å²) in [6, 6.07) is 13.3. The quantitative estimate of drug-likeness (QED) is 0.417. The predicted octanol–water partition coefficient (Wildman–Crippen LogP) is 5.56. The number of aryl methyl sites for hydroxylation is 1. The highest BCUT2D eigenvalue weighted by Crippen LogP contribution is 2.17. The number of unbranched alkanes of at least 4 members (excludes halogenated alkanes) is 1. The van der Waals surface area contributed by atoms with Gasteiger partial charge in [-0.05, 0) is 55.7 Å². The van der Waals surface area contributed by atoms with Gasteiger partial charge in [0.2, 0.25) is 0 Å². The Kier molecular flexibility index (Phi) is 7.20. The van der Waals surface area contributed by atoms with E-state index in [1.54, 1.807) is 12.3 Å². The second kappa shape index (κ2) is 9.83. The largest absolute Gasteiger partial charge is 0.491 e. The van der Waals surface area contributed by atoms with Crippen molar-refractivity contribution in [2.75, 3.05) is 0 Å². The summed E-state index contributed by atoms with van der Waals surface area (Å²) in [7, 11) is 0.